The van der Waals surface area contributed by atoms with Crippen LogP contribution >= 0.6 is 0 Å². The van der Waals surface area contributed by atoms with E-state index in [9.17, 15) is 24.6 Å². The zero-order chi connectivity index (χ0) is 17.7. The molecule has 0 fully saturated rings. The number of H-pyrrole nitrogens is 1. The van der Waals surface area contributed by atoms with Gasteiger partial charge in [-0.25, -0.2) is 0 Å². The van der Waals surface area contributed by atoms with Gasteiger partial charge in [-0.2, -0.15) is 0 Å². The first kappa shape index (κ1) is 20.9. The van der Waals surface area contributed by atoms with Gasteiger partial charge >= 0.3 is 23.1 Å². The Morgan fingerprint density at radius 3 is 2.48 bits per heavy atom. The van der Waals surface area contributed by atoms with E-state index in [1.807, 2.05) is 24.3 Å². The van der Waals surface area contributed by atoms with Gasteiger partial charge in [0, 0.05) is 29.9 Å². The molecule has 9 heteroatoms. The van der Waals surface area contributed by atoms with Gasteiger partial charge in [0.2, 0.25) is 5.91 Å². The number of benzene rings is 1. The molecule has 0 saturated heterocycles. The number of carboxylic acids is 2. The molecule has 1 aromatic heterocycles. The first-order chi connectivity index (χ1) is 11.4. The number of amides is 1. The third-order valence-electron chi connectivity index (χ3n) is 3.64. The van der Waals surface area contributed by atoms with Crippen LogP contribution in [-0.4, -0.2) is 63.1 Å². The molecule has 0 aliphatic carbocycles. The molecule has 1 amide bonds. The average Bonchev–Trinajstić information content (AvgIpc) is 2.95. The van der Waals surface area contributed by atoms with Crippen LogP contribution in [0.3, 0.4) is 0 Å². The molecule has 8 nitrogen and oxygen atoms in total. The molecule has 1 heterocycles. The fourth-order valence-electron chi connectivity index (χ4n) is 2.37. The topological polar surface area (TPSA) is 145 Å². The predicted molar refractivity (Wildman–Crippen MR) is 84.9 cm³/mol. The number of aliphatic carboxylic acids is 2. The Labute approximate surface area is 159 Å². The standard InChI is InChI=1S/C16H18N2O6.Mg/c19-13(16(23)24)5-6-14(20)18-12(15(21)22)7-9-8-17-11-4-2-1-3-10(9)11;/h1-4,8,12-13,17,19H,5-7H2,(H,18,20)(H,21,22)(H,23,24);/q;+2/p-2/t12-,13-;/m1./s1. The molecule has 2 rings (SSSR count). The van der Waals surface area contributed by atoms with Gasteiger partial charge in [-0.05, 0) is 18.1 Å². The van der Waals surface area contributed by atoms with Crippen molar-refractivity contribution < 1.29 is 29.7 Å². The number of carbonyl (C=O) groups excluding carboxylic acids is 3. The van der Waals surface area contributed by atoms with Gasteiger partial charge in [-0.15, -0.1) is 0 Å². The molecular formula is C16H16MgN2O6. The van der Waals surface area contributed by atoms with Crippen molar-refractivity contribution in [2.24, 2.45) is 0 Å². The van der Waals surface area contributed by atoms with Crippen LogP contribution in [0.5, 0.6) is 0 Å². The Hall–Kier alpha value is -2.10. The fraction of sp³-hybridized carbons (Fsp3) is 0.312. The SMILES string of the molecule is O=C(CC[C@@H](O)C(=O)[O-])N[C@H](Cc1c[nH]c2ccccc12)C(=O)[O-].[Mg+2]. The van der Waals surface area contributed by atoms with Crippen molar-refractivity contribution in [3.8, 4) is 0 Å². The summed E-state index contributed by atoms with van der Waals surface area (Å²) >= 11 is 0. The van der Waals surface area contributed by atoms with Gasteiger partial charge in [0.05, 0.1) is 24.1 Å². The van der Waals surface area contributed by atoms with E-state index in [1.165, 1.54) is 0 Å². The van der Waals surface area contributed by atoms with Gasteiger partial charge in [0.1, 0.15) is 0 Å². The number of aliphatic hydroxyl groups excluding tert-OH is 1. The summed E-state index contributed by atoms with van der Waals surface area (Å²) in [6.45, 7) is 0. The monoisotopic (exact) mass is 356 g/mol. The summed E-state index contributed by atoms with van der Waals surface area (Å²) in [5.74, 6) is -3.82. The molecule has 2 atom stereocenters. The Balaban J connectivity index is 0.00000312. The fourth-order valence-corrected chi connectivity index (χ4v) is 2.37. The maximum atomic E-state index is 11.7. The number of aromatic amines is 1. The molecule has 0 bridgehead atoms. The van der Waals surface area contributed by atoms with Gasteiger partial charge in [-0.1, -0.05) is 18.2 Å². The zero-order valence-electron chi connectivity index (χ0n) is 13.4. The van der Waals surface area contributed by atoms with Crippen LogP contribution in [0.25, 0.3) is 10.9 Å². The molecular weight excluding hydrogens is 340 g/mol. The van der Waals surface area contributed by atoms with E-state index in [1.54, 1.807) is 6.20 Å². The molecule has 0 aliphatic heterocycles. The summed E-state index contributed by atoms with van der Waals surface area (Å²) in [7, 11) is 0. The van der Waals surface area contributed by atoms with Crippen LogP contribution in [0.4, 0.5) is 0 Å². The second-order valence-corrected chi connectivity index (χ2v) is 5.38. The third kappa shape index (κ3) is 5.73. The van der Waals surface area contributed by atoms with Gasteiger partial charge in [0.15, 0.2) is 0 Å². The smallest absolute Gasteiger partial charge is 0.548 e. The summed E-state index contributed by atoms with van der Waals surface area (Å²) in [4.78, 5) is 36.4. The Bertz CT molecular complexity index is 760. The molecule has 1 aromatic carbocycles. The van der Waals surface area contributed by atoms with Crippen LogP contribution in [0.15, 0.2) is 30.5 Å². The number of carbonyl (C=O) groups is 3. The number of rotatable bonds is 8. The van der Waals surface area contributed by atoms with Crippen LogP contribution in [0, 0.1) is 0 Å². The first-order valence-corrected chi connectivity index (χ1v) is 7.32. The molecule has 0 radical (unpaired) electrons. The zero-order valence-corrected chi connectivity index (χ0v) is 14.8. The van der Waals surface area contributed by atoms with Crippen molar-refractivity contribution in [3.05, 3.63) is 36.0 Å². The van der Waals surface area contributed by atoms with Crippen molar-refractivity contribution in [2.45, 2.75) is 31.4 Å². The third-order valence-corrected chi connectivity index (χ3v) is 3.64. The molecule has 0 spiro atoms. The average molecular weight is 357 g/mol. The number of carboxylic acid groups (broad SMARTS) is 2. The number of aliphatic hydroxyl groups is 1. The van der Waals surface area contributed by atoms with E-state index in [4.69, 9.17) is 5.11 Å². The van der Waals surface area contributed by atoms with E-state index < -0.39 is 30.0 Å². The number of hydrogen-bond donors (Lipinski definition) is 3. The molecule has 0 aliphatic rings. The molecule has 25 heavy (non-hydrogen) atoms. The number of nitrogens with one attached hydrogen (secondary N) is 2. The minimum atomic E-state index is -1.77. The maximum Gasteiger partial charge on any atom is 2.00 e. The molecule has 128 valence electrons. The van der Waals surface area contributed by atoms with Crippen LogP contribution in [0.1, 0.15) is 18.4 Å². The van der Waals surface area contributed by atoms with E-state index >= 15 is 0 Å². The summed E-state index contributed by atoms with van der Waals surface area (Å²) in [5.41, 5.74) is 1.54. The van der Waals surface area contributed by atoms with Crippen molar-refractivity contribution in [1.29, 1.82) is 0 Å². The van der Waals surface area contributed by atoms with Crippen LogP contribution in [-0.2, 0) is 20.8 Å². The van der Waals surface area contributed by atoms with Crippen LogP contribution in [0.2, 0.25) is 0 Å². The Morgan fingerprint density at radius 1 is 1.16 bits per heavy atom. The summed E-state index contributed by atoms with van der Waals surface area (Å²) in [5, 5.41) is 33.8. The Kier molecular flexibility index (Phi) is 7.87. The van der Waals surface area contributed by atoms with Gasteiger partial charge < -0.3 is 35.2 Å². The maximum absolute atomic E-state index is 11.7. The summed E-state index contributed by atoms with van der Waals surface area (Å²) < 4.78 is 0. The van der Waals surface area contributed by atoms with Gasteiger partial charge in [-0.3, -0.25) is 4.79 Å². The van der Waals surface area contributed by atoms with E-state index in [-0.39, 0.29) is 42.3 Å². The predicted octanol–water partition coefficient (Wildman–Crippen LogP) is -2.54. The van der Waals surface area contributed by atoms with E-state index in [2.05, 4.69) is 10.3 Å². The summed E-state index contributed by atoms with van der Waals surface area (Å²) in [6.07, 6.45) is -0.799. The number of hydrogen-bond acceptors (Lipinski definition) is 6. The van der Waals surface area contributed by atoms with E-state index in [0.717, 1.165) is 10.9 Å². The van der Waals surface area contributed by atoms with E-state index in [0.29, 0.717) is 5.56 Å². The number of aromatic nitrogens is 1. The molecule has 0 saturated carbocycles. The van der Waals surface area contributed by atoms with Crippen molar-refractivity contribution in [3.63, 3.8) is 0 Å². The molecule has 3 N–H and O–H groups in total. The summed E-state index contributed by atoms with van der Waals surface area (Å²) in [6, 6.07) is 6.05. The van der Waals surface area contributed by atoms with Crippen molar-refractivity contribution in [2.75, 3.05) is 0 Å². The van der Waals surface area contributed by atoms with Crippen molar-refractivity contribution >= 4 is 51.8 Å². The molecule has 2 aromatic rings. The minimum Gasteiger partial charge on any atom is -0.548 e. The largest absolute Gasteiger partial charge is 2.00 e. The Morgan fingerprint density at radius 2 is 1.84 bits per heavy atom. The number of para-hydroxylation sites is 1. The number of fused-ring (bicyclic) bond motifs is 1. The minimum absolute atomic E-state index is 0. The van der Waals surface area contributed by atoms with Crippen LogP contribution < -0.4 is 15.5 Å². The first-order valence-electron chi connectivity index (χ1n) is 7.32. The normalized spacial score (nSPS) is 12.8. The van der Waals surface area contributed by atoms with Crippen molar-refractivity contribution in [1.82, 2.24) is 10.3 Å². The quantitative estimate of drug-likeness (QED) is 0.444. The second kappa shape index (κ2) is 9.40. The molecule has 0 unspecified atom stereocenters. The second-order valence-electron chi connectivity index (χ2n) is 5.38. The van der Waals surface area contributed by atoms with Gasteiger partial charge in [0.25, 0.3) is 0 Å².